The molecule has 1 N–H and O–H groups in total. The van der Waals surface area contributed by atoms with E-state index in [0.717, 1.165) is 0 Å². The number of fused-ring (bicyclic) bond motifs is 1. The van der Waals surface area contributed by atoms with Crippen molar-refractivity contribution >= 4 is 22.4 Å². The summed E-state index contributed by atoms with van der Waals surface area (Å²) in [7, 11) is -2.09. The maximum Gasteiger partial charge on any atom is 0.247 e. The number of sulfonamides is 1. The van der Waals surface area contributed by atoms with Crippen LogP contribution < -0.4 is 10.1 Å². The standard InChI is InChI=1S/C13H18N2O4S.ClH/c1-18-11-4-2-3-5-13(11)20(16,17)15-6-7-19-12-9-14-8-10(12)15;/h2-5,10,12,14H,6-9H2,1H3;1H/t10-,12+;/m1./s1. The summed E-state index contributed by atoms with van der Waals surface area (Å²) < 4.78 is 38.1. The highest BCUT2D eigenvalue weighted by Gasteiger charge is 2.43. The lowest BCUT2D eigenvalue weighted by molar-refractivity contribution is -0.0149. The molecular formula is C13H19ClN2O4S. The molecule has 118 valence electrons. The fourth-order valence-electron chi connectivity index (χ4n) is 2.81. The Labute approximate surface area is 130 Å². The largest absolute Gasteiger partial charge is 0.495 e. The minimum absolute atomic E-state index is 0. The number of para-hydroxylation sites is 1. The van der Waals surface area contributed by atoms with Crippen molar-refractivity contribution < 1.29 is 17.9 Å². The van der Waals surface area contributed by atoms with Crippen LogP contribution in [0.3, 0.4) is 0 Å². The molecular weight excluding hydrogens is 316 g/mol. The van der Waals surface area contributed by atoms with Crippen molar-refractivity contribution in [2.45, 2.75) is 17.0 Å². The van der Waals surface area contributed by atoms with Gasteiger partial charge >= 0.3 is 0 Å². The van der Waals surface area contributed by atoms with E-state index >= 15 is 0 Å². The summed E-state index contributed by atoms with van der Waals surface area (Å²) in [5.74, 6) is 0.376. The van der Waals surface area contributed by atoms with Crippen LogP contribution in [0.25, 0.3) is 0 Å². The number of nitrogens with one attached hydrogen (secondary N) is 1. The number of methoxy groups -OCH3 is 1. The number of benzene rings is 1. The molecule has 0 radical (unpaired) electrons. The topological polar surface area (TPSA) is 67.9 Å². The van der Waals surface area contributed by atoms with Crippen molar-refractivity contribution in [1.82, 2.24) is 9.62 Å². The van der Waals surface area contributed by atoms with E-state index < -0.39 is 10.0 Å². The minimum Gasteiger partial charge on any atom is -0.495 e. The van der Waals surface area contributed by atoms with Crippen LogP contribution in [0, 0.1) is 0 Å². The normalized spacial score (nSPS) is 26.0. The van der Waals surface area contributed by atoms with Crippen LogP contribution in [0.1, 0.15) is 0 Å². The maximum absolute atomic E-state index is 12.9. The van der Waals surface area contributed by atoms with Gasteiger partial charge in [0.2, 0.25) is 10.0 Å². The molecule has 0 amide bonds. The Morgan fingerprint density at radius 3 is 2.86 bits per heavy atom. The number of morpholine rings is 1. The summed E-state index contributed by atoms with van der Waals surface area (Å²) >= 11 is 0. The third-order valence-electron chi connectivity index (χ3n) is 3.80. The molecule has 8 heteroatoms. The van der Waals surface area contributed by atoms with Gasteiger partial charge in [-0.2, -0.15) is 4.31 Å². The van der Waals surface area contributed by atoms with Crippen molar-refractivity contribution in [2.75, 3.05) is 33.4 Å². The summed E-state index contributed by atoms with van der Waals surface area (Å²) in [5.41, 5.74) is 0. The van der Waals surface area contributed by atoms with Gasteiger partial charge in [0.1, 0.15) is 10.6 Å². The molecule has 2 heterocycles. The van der Waals surface area contributed by atoms with Crippen LogP contribution in [-0.4, -0.2) is 58.2 Å². The zero-order chi connectivity index (χ0) is 14.2. The molecule has 2 aliphatic heterocycles. The lowest BCUT2D eigenvalue weighted by Crippen LogP contribution is -2.53. The second-order valence-corrected chi connectivity index (χ2v) is 6.76. The predicted molar refractivity (Wildman–Crippen MR) is 80.5 cm³/mol. The van der Waals surface area contributed by atoms with E-state index in [1.54, 1.807) is 28.6 Å². The van der Waals surface area contributed by atoms with Gasteiger partial charge < -0.3 is 14.8 Å². The SMILES string of the molecule is COc1ccccc1S(=O)(=O)N1CCO[C@H]2CNC[C@H]21.Cl. The summed E-state index contributed by atoms with van der Waals surface area (Å²) in [6.45, 7) is 2.13. The van der Waals surface area contributed by atoms with Crippen LogP contribution in [0.15, 0.2) is 29.2 Å². The molecule has 2 fully saturated rings. The molecule has 21 heavy (non-hydrogen) atoms. The van der Waals surface area contributed by atoms with Crippen molar-refractivity contribution in [3.05, 3.63) is 24.3 Å². The zero-order valence-electron chi connectivity index (χ0n) is 11.7. The Balaban J connectivity index is 0.00000161. The van der Waals surface area contributed by atoms with Crippen LogP contribution >= 0.6 is 12.4 Å². The van der Waals surface area contributed by atoms with Crippen LogP contribution in [-0.2, 0) is 14.8 Å². The Morgan fingerprint density at radius 2 is 2.10 bits per heavy atom. The second kappa shape index (κ2) is 6.50. The van der Waals surface area contributed by atoms with Crippen molar-refractivity contribution in [1.29, 1.82) is 0 Å². The number of ether oxygens (including phenoxy) is 2. The monoisotopic (exact) mass is 334 g/mol. The van der Waals surface area contributed by atoms with Gasteiger partial charge in [0.25, 0.3) is 0 Å². The van der Waals surface area contributed by atoms with E-state index in [4.69, 9.17) is 9.47 Å². The maximum atomic E-state index is 12.9. The molecule has 0 saturated carbocycles. The molecule has 0 bridgehead atoms. The van der Waals surface area contributed by atoms with Gasteiger partial charge in [0.15, 0.2) is 0 Å². The lowest BCUT2D eigenvalue weighted by Gasteiger charge is -2.36. The van der Waals surface area contributed by atoms with Crippen molar-refractivity contribution in [3.63, 3.8) is 0 Å². The van der Waals surface area contributed by atoms with Gasteiger partial charge in [-0.3, -0.25) is 0 Å². The third kappa shape index (κ3) is 2.89. The predicted octanol–water partition coefficient (Wildman–Crippen LogP) is 0.478. The Bertz CT molecular complexity index is 596. The molecule has 6 nitrogen and oxygen atoms in total. The summed E-state index contributed by atoms with van der Waals surface area (Å²) in [6, 6.07) is 6.58. The molecule has 1 aromatic carbocycles. The van der Waals surface area contributed by atoms with E-state index in [9.17, 15) is 8.42 Å². The minimum atomic E-state index is -3.57. The van der Waals surface area contributed by atoms with Gasteiger partial charge in [0.05, 0.1) is 25.9 Å². The molecule has 0 aromatic heterocycles. The quantitative estimate of drug-likeness (QED) is 0.870. The van der Waals surface area contributed by atoms with Crippen molar-refractivity contribution in [2.24, 2.45) is 0 Å². The molecule has 0 spiro atoms. The molecule has 0 aliphatic carbocycles. The highest BCUT2D eigenvalue weighted by Crippen LogP contribution is 2.30. The summed E-state index contributed by atoms with van der Waals surface area (Å²) in [6.07, 6.45) is -0.0618. The van der Waals surface area contributed by atoms with E-state index in [2.05, 4.69) is 5.32 Å². The highest BCUT2D eigenvalue weighted by atomic mass is 35.5. The highest BCUT2D eigenvalue weighted by molar-refractivity contribution is 7.89. The lowest BCUT2D eigenvalue weighted by atomic mass is 10.2. The first kappa shape index (κ1) is 16.5. The van der Waals surface area contributed by atoms with Crippen molar-refractivity contribution in [3.8, 4) is 5.75 Å². The Hall–Kier alpha value is -0.860. The first-order valence-electron chi connectivity index (χ1n) is 6.62. The van der Waals surface area contributed by atoms with Crippen LogP contribution in [0.2, 0.25) is 0 Å². The van der Waals surface area contributed by atoms with E-state index in [1.165, 1.54) is 7.11 Å². The molecule has 2 atom stereocenters. The van der Waals surface area contributed by atoms with E-state index in [1.807, 2.05) is 0 Å². The van der Waals surface area contributed by atoms with Gasteiger partial charge in [0, 0.05) is 19.6 Å². The summed E-state index contributed by atoms with van der Waals surface area (Å²) in [5, 5.41) is 3.18. The molecule has 2 aliphatic rings. The summed E-state index contributed by atoms with van der Waals surface area (Å²) in [4.78, 5) is 0.218. The Morgan fingerprint density at radius 1 is 1.33 bits per heavy atom. The van der Waals surface area contributed by atoms with Gasteiger partial charge in [-0.05, 0) is 12.1 Å². The number of hydrogen-bond acceptors (Lipinski definition) is 5. The first-order valence-corrected chi connectivity index (χ1v) is 8.06. The smallest absolute Gasteiger partial charge is 0.247 e. The van der Waals surface area contributed by atoms with Crippen LogP contribution in [0.5, 0.6) is 5.75 Å². The average molecular weight is 335 g/mol. The Kier molecular flexibility index (Phi) is 5.11. The second-order valence-electron chi connectivity index (χ2n) is 4.90. The van der Waals surface area contributed by atoms with Gasteiger partial charge in [-0.25, -0.2) is 8.42 Å². The van der Waals surface area contributed by atoms with Gasteiger partial charge in [-0.15, -0.1) is 12.4 Å². The van der Waals surface area contributed by atoms with Crippen LogP contribution in [0.4, 0.5) is 0 Å². The molecule has 3 rings (SSSR count). The van der Waals surface area contributed by atoms with Gasteiger partial charge in [-0.1, -0.05) is 12.1 Å². The van der Waals surface area contributed by atoms with E-state index in [0.29, 0.717) is 32.0 Å². The molecule has 1 aromatic rings. The molecule has 2 saturated heterocycles. The number of rotatable bonds is 3. The number of hydrogen-bond donors (Lipinski definition) is 1. The fourth-order valence-corrected chi connectivity index (χ4v) is 4.61. The van der Waals surface area contributed by atoms with E-state index in [-0.39, 0.29) is 29.4 Å². The number of nitrogens with zero attached hydrogens (tertiary/aromatic N) is 1. The zero-order valence-corrected chi connectivity index (χ0v) is 13.3. The number of halogens is 1. The fraction of sp³-hybridized carbons (Fsp3) is 0.538. The first-order chi connectivity index (χ1) is 9.64. The third-order valence-corrected chi connectivity index (χ3v) is 5.76. The average Bonchev–Trinajstić information content (AvgIpc) is 2.95. The molecule has 0 unspecified atom stereocenters.